The molecule has 0 spiro atoms. The lowest BCUT2D eigenvalue weighted by atomic mass is 10.1. The number of ether oxygens (including phenoxy) is 1. The summed E-state index contributed by atoms with van der Waals surface area (Å²) in [5.41, 5.74) is 2.93. The number of carbonyl (C=O) groups excluding carboxylic acids is 1. The van der Waals surface area contributed by atoms with Crippen LogP contribution >= 0.6 is 0 Å². The molecule has 0 saturated carbocycles. The van der Waals surface area contributed by atoms with Crippen LogP contribution in [0, 0.1) is 0 Å². The Hall–Kier alpha value is -2.91. The summed E-state index contributed by atoms with van der Waals surface area (Å²) in [6.45, 7) is 4.73. The fourth-order valence-corrected chi connectivity index (χ4v) is 2.75. The topological polar surface area (TPSA) is 89.3 Å². The molecule has 31 heavy (non-hydrogen) atoms. The van der Waals surface area contributed by atoms with Crippen molar-refractivity contribution in [1.82, 2.24) is 20.1 Å². The fourth-order valence-electron chi connectivity index (χ4n) is 2.75. The molecule has 168 valence electrons. The molecule has 9 heteroatoms. The lowest BCUT2D eigenvalue weighted by Gasteiger charge is -2.11. The number of pyridine rings is 1. The van der Waals surface area contributed by atoms with Gasteiger partial charge in [-0.25, -0.2) is 0 Å². The van der Waals surface area contributed by atoms with Gasteiger partial charge in [0.2, 0.25) is 0 Å². The van der Waals surface area contributed by atoms with E-state index in [1.807, 2.05) is 27.8 Å². The molecule has 2 atom stereocenters. The van der Waals surface area contributed by atoms with Gasteiger partial charge in [0.25, 0.3) is 0 Å². The number of aromatic nitrogens is 3. The molecule has 0 amide bonds. The smallest absolute Gasteiger partial charge is 0.387 e. The Bertz CT molecular complexity index is 1010. The maximum atomic E-state index is 12.4. The summed E-state index contributed by atoms with van der Waals surface area (Å²) in [7, 11) is 1.83. The van der Waals surface area contributed by atoms with Crippen LogP contribution in [0.2, 0.25) is 0 Å². The van der Waals surface area contributed by atoms with E-state index in [9.17, 15) is 13.6 Å². The van der Waals surface area contributed by atoms with Gasteiger partial charge in [-0.15, -0.1) is 0 Å². The van der Waals surface area contributed by atoms with Gasteiger partial charge in [-0.05, 0) is 52.9 Å². The molecule has 2 aromatic heterocycles. The van der Waals surface area contributed by atoms with Gasteiger partial charge in [-0.2, -0.15) is 13.9 Å². The van der Waals surface area contributed by atoms with Crippen molar-refractivity contribution >= 4 is 17.3 Å². The molecule has 0 radical (unpaired) electrons. The number of likely N-dealkylation sites (N-methyl/N-ethyl adjacent to an activating group) is 1. The number of aliphatic hydroxyl groups is 1. The van der Waals surface area contributed by atoms with E-state index in [-0.39, 0.29) is 23.9 Å². The fraction of sp³-hybridized carbons (Fsp3) is 0.409. The third kappa shape index (κ3) is 6.28. The van der Waals surface area contributed by atoms with Gasteiger partial charge in [0.05, 0.1) is 11.6 Å². The lowest BCUT2D eigenvalue weighted by molar-refractivity contribution is -0.0498. The monoisotopic (exact) mass is 434 g/mol. The van der Waals surface area contributed by atoms with E-state index in [1.54, 1.807) is 29.8 Å². The van der Waals surface area contributed by atoms with Crippen LogP contribution < -0.4 is 10.1 Å². The Morgan fingerprint density at radius 2 is 1.90 bits per heavy atom. The minimum absolute atomic E-state index is 0.0467. The number of hydrogen-bond donors (Lipinski definition) is 2. The highest BCUT2D eigenvalue weighted by Crippen LogP contribution is 2.31. The van der Waals surface area contributed by atoms with Crippen LogP contribution in [-0.2, 0) is 0 Å². The number of rotatable bonds is 7. The van der Waals surface area contributed by atoms with Crippen molar-refractivity contribution in [2.45, 2.75) is 52.5 Å². The number of nitrogens with zero attached hydrogens (tertiary/aromatic N) is 3. The van der Waals surface area contributed by atoms with Crippen molar-refractivity contribution < 1.29 is 23.4 Å². The van der Waals surface area contributed by atoms with Crippen LogP contribution in [0.15, 0.2) is 36.5 Å². The summed E-state index contributed by atoms with van der Waals surface area (Å²) in [6.07, 6.45) is 1.94. The van der Waals surface area contributed by atoms with E-state index >= 15 is 0 Å². The van der Waals surface area contributed by atoms with Gasteiger partial charge in [0.15, 0.2) is 6.29 Å². The molecule has 0 aliphatic rings. The predicted octanol–water partition coefficient (Wildman–Crippen LogP) is 4.07. The van der Waals surface area contributed by atoms with E-state index in [0.717, 1.165) is 6.29 Å². The second-order valence-corrected chi connectivity index (χ2v) is 7.37. The number of aldehydes is 1. The Labute approximate surface area is 180 Å². The van der Waals surface area contributed by atoms with E-state index in [1.165, 1.54) is 18.3 Å². The highest BCUT2D eigenvalue weighted by Gasteiger charge is 2.17. The zero-order valence-electron chi connectivity index (χ0n) is 18.2. The average Bonchev–Trinajstić information content (AvgIpc) is 3.12. The molecule has 7 nitrogen and oxygen atoms in total. The minimum atomic E-state index is -2.89. The Morgan fingerprint density at radius 3 is 2.42 bits per heavy atom. The predicted molar refractivity (Wildman–Crippen MR) is 116 cm³/mol. The molecule has 0 saturated heterocycles. The maximum absolute atomic E-state index is 12.4. The molecule has 1 aromatic carbocycles. The number of halogens is 2. The zero-order valence-corrected chi connectivity index (χ0v) is 18.2. The quantitative estimate of drug-likeness (QED) is 0.545. The summed E-state index contributed by atoms with van der Waals surface area (Å²) in [6, 6.07) is 8.28. The van der Waals surface area contributed by atoms with Crippen molar-refractivity contribution in [2.24, 2.45) is 0 Å². The van der Waals surface area contributed by atoms with Gasteiger partial charge >= 0.3 is 6.61 Å². The molecule has 0 bridgehead atoms. The summed E-state index contributed by atoms with van der Waals surface area (Å²) >= 11 is 0. The third-order valence-corrected chi connectivity index (χ3v) is 4.70. The van der Waals surface area contributed by atoms with Crippen molar-refractivity contribution in [3.63, 3.8) is 0 Å². The van der Waals surface area contributed by atoms with Crippen molar-refractivity contribution in [3.05, 3.63) is 42.1 Å². The molecule has 2 heterocycles. The molecule has 2 N–H and O–H groups in total. The first kappa shape index (κ1) is 24.4. The second kappa shape index (κ2) is 10.9. The molecule has 2 unspecified atom stereocenters. The largest absolute Gasteiger partial charge is 0.435 e. The van der Waals surface area contributed by atoms with Crippen molar-refractivity contribution in [2.75, 3.05) is 7.05 Å². The highest BCUT2D eigenvalue weighted by molar-refractivity contribution is 5.93. The van der Waals surface area contributed by atoms with E-state index in [2.05, 4.69) is 20.1 Å². The van der Waals surface area contributed by atoms with E-state index in [4.69, 9.17) is 5.11 Å². The summed E-state index contributed by atoms with van der Waals surface area (Å²) < 4.78 is 31.0. The number of hydrogen-bond acceptors (Lipinski definition) is 6. The SMILES string of the molecule is CC(C)n1nc(-c2cccc(OC(F)F)c2)c2ncc(C=O)cc21.CNC(C)C(C)O. The van der Waals surface area contributed by atoms with Gasteiger partial charge in [-0.1, -0.05) is 12.1 Å². The van der Waals surface area contributed by atoms with Gasteiger partial charge in [-0.3, -0.25) is 14.5 Å². The van der Waals surface area contributed by atoms with E-state index in [0.29, 0.717) is 27.9 Å². The standard InChI is InChI=1S/C17H15F2N3O2.C5H13NO/c1-10(2)22-14-6-11(9-23)8-20-16(14)15(21-22)12-4-3-5-13(7-12)24-17(18)19;1-4(6-3)5(2)7/h3-10,17H,1-2H3;4-7H,1-3H3. The van der Waals surface area contributed by atoms with Gasteiger partial charge in [0, 0.05) is 29.4 Å². The number of benzene rings is 1. The van der Waals surface area contributed by atoms with Gasteiger partial charge in [0.1, 0.15) is 17.0 Å². The third-order valence-electron chi connectivity index (χ3n) is 4.70. The summed E-state index contributed by atoms with van der Waals surface area (Å²) in [5, 5.41) is 16.2. The highest BCUT2D eigenvalue weighted by atomic mass is 19.3. The number of carbonyl (C=O) groups is 1. The zero-order chi connectivity index (χ0) is 23.1. The number of aliphatic hydroxyl groups excluding tert-OH is 1. The van der Waals surface area contributed by atoms with Crippen LogP contribution in [0.25, 0.3) is 22.3 Å². The maximum Gasteiger partial charge on any atom is 0.387 e. The normalized spacial score (nSPS) is 13.1. The Morgan fingerprint density at radius 1 is 1.19 bits per heavy atom. The van der Waals surface area contributed by atoms with Crippen LogP contribution in [0.3, 0.4) is 0 Å². The van der Waals surface area contributed by atoms with Crippen molar-refractivity contribution in [3.8, 4) is 17.0 Å². The van der Waals surface area contributed by atoms with Crippen LogP contribution in [0.5, 0.6) is 5.75 Å². The number of nitrogens with one attached hydrogen (secondary N) is 1. The van der Waals surface area contributed by atoms with Gasteiger partial charge < -0.3 is 15.2 Å². The molecular formula is C22H28F2N4O3. The van der Waals surface area contributed by atoms with Crippen LogP contribution in [0.4, 0.5) is 8.78 Å². The van der Waals surface area contributed by atoms with E-state index < -0.39 is 6.61 Å². The molecule has 0 fully saturated rings. The van der Waals surface area contributed by atoms with Crippen LogP contribution in [-0.4, -0.2) is 52.0 Å². The summed E-state index contributed by atoms with van der Waals surface area (Å²) in [4.78, 5) is 15.3. The average molecular weight is 434 g/mol. The Balaban J connectivity index is 0.000000423. The molecule has 0 aliphatic carbocycles. The molecule has 3 rings (SSSR count). The number of alkyl halides is 2. The molecule has 0 aliphatic heterocycles. The first-order valence-electron chi connectivity index (χ1n) is 9.91. The first-order valence-corrected chi connectivity index (χ1v) is 9.91. The minimum Gasteiger partial charge on any atom is -0.435 e. The Kier molecular flexibility index (Phi) is 8.58. The number of fused-ring (bicyclic) bond motifs is 1. The van der Waals surface area contributed by atoms with Crippen LogP contribution in [0.1, 0.15) is 44.1 Å². The molecular weight excluding hydrogens is 406 g/mol. The lowest BCUT2D eigenvalue weighted by Crippen LogP contribution is -2.32. The first-order chi connectivity index (χ1) is 14.7. The van der Waals surface area contributed by atoms with Crippen molar-refractivity contribution in [1.29, 1.82) is 0 Å². The second-order valence-electron chi connectivity index (χ2n) is 7.37. The molecule has 3 aromatic rings. The summed E-state index contributed by atoms with van der Waals surface area (Å²) in [5.74, 6) is 0.0549.